The van der Waals surface area contributed by atoms with Crippen LogP contribution in [-0.4, -0.2) is 32.0 Å². The molecule has 0 aromatic heterocycles. The predicted molar refractivity (Wildman–Crippen MR) is 50.2 cm³/mol. The van der Waals surface area contributed by atoms with E-state index in [0.717, 1.165) is 5.41 Å². The summed E-state index contributed by atoms with van der Waals surface area (Å²) >= 11 is 5.34. The molecule has 1 heterocycles. The van der Waals surface area contributed by atoms with Crippen LogP contribution < -0.4 is 5.32 Å². The lowest BCUT2D eigenvalue weighted by molar-refractivity contribution is -0.120. The number of sulfone groups is 1. The van der Waals surface area contributed by atoms with Gasteiger partial charge >= 0.3 is 0 Å². The molecule has 6 heteroatoms. The minimum Gasteiger partial charge on any atom is -0.349 e. The molecule has 1 aliphatic heterocycles. The van der Waals surface area contributed by atoms with Crippen molar-refractivity contribution < 1.29 is 13.2 Å². The van der Waals surface area contributed by atoms with Gasteiger partial charge in [-0.3, -0.25) is 4.79 Å². The molecule has 0 aromatic rings. The summed E-state index contributed by atoms with van der Waals surface area (Å²) in [5.74, 6) is -0.0162. The Morgan fingerprint density at radius 3 is 2.77 bits per heavy atom. The first-order valence-electron chi connectivity index (χ1n) is 3.80. The fourth-order valence-corrected chi connectivity index (χ4v) is 2.44. The summed E-state index contributed by atoms with van der Waals surface area (Å²) in [4.78, 5) is 11.0. The molecule has 13 heavy (non-hydrogen) atoms. The monoisotopic (exact) mass is 223 g/mol. The van der Waals surface area contributed by atoms with E-state index in [2.05, 4.69) is 5.32 Å². The third-order valence-electron chi connectivity index (χ3n) is 1.60. The summed E-state index contributed by atoms with van der Waals surface area (Å²) < 4.78 is 21.8. The minimum absolute atomic E-state index is 0.0406. The second-order valence-electron chi connectivity index (χ2n) is 2.77. The Balaban J connectivity index is 2.42. The largest absolute Gasteiger partial charge is 0.349 e. The predicted octanol–water partition coefficient (Wildman–Crippen LogP) is 0.0422. The van der Waals surface area contributed by atoms with E-state index in [1.165, 1.54) is 6.08 Å². The Hall–Kier alpha value is -0.550. The number of amides is 1. The Kier molecular flexibility index (Phi) is 3.33. The molecule has 0 aliphatic carbocycles. The average molecular weight is 224 g/mol. The SMILES string of the molecule is O=C(CCCl)NC1C=CS(=O)(=O)C1. The highest BCUT2D eigenvalue weighted by molar-refractivity contribution is 7.94. The Morgan fingerprint density at radius 1 is 1.62 bits per heavy atom. The van der Waals surface area contributed by atoms with Crippen molar-refractivity contribution in [2.75, 3.05) is 11.6 Å². The first-order chi connectivity index (χ1) is 6.03. The minimum atomic E-state index is -3.08. The van der Waals surface area contributed by atoms with E-state index in [0.29, 0.717) is 0 Å². The first kappa shape index (κ1) is 10.5. The van der Waals surface area contributed by atoms with Crippen LogP contribution in [0, 0.1) is 0 Å². The molecule has 1 amide bonds. The van der Waals surface area contributed by atoms with Crippen molar-refractivity contribution in [3.05, 3.63) is 11.5 Å². The van der Waals surface area contributed by atoms with Crippen LogP contribution in [0.3, 0.4) is 0 Å². The molecular weight excluding hydrogens is 214 g/mol. The zero-order valence-corrected chi connectivity index (χ0v) is 8.44. The van der Waals surface area contributed by atoms with Crippen LogP contribution in [0.1, 0.15) is 6.42 Å². The van der Waals surface area contributed by atoms with Crippen molar-refractivity contribution in [1.29, 1.82) is 0 Å². The van der Waals surface area contributed by atoms with Gasteiger partial charge in [-0.15, -0.1) is 11.6 Å². The third-order valence-corrected chi connectivity index (χ3v) is 3.18. The molecule has 0 fully saturated rings. The fourth-order valence-electron chi connectivity index (χ4n) is 1.03. The zero-order chi connectivity index (χ0) is 9.90. The standard InChI is InChI=1S/C7H10ClNO3S/c8-3-1-7(10)9-6-2-4-13(11,12)5-6/h2,4,6H,1,3,5H2,(H,9,10). The van der Waals surface area contributed by atoms with Gasteiger partial charge in [0.25, 0.3) is 0 Å². The van der Waals surface area contributed by atoms with Crippen LogP contribution >= 0.6 is 11.6 Å². The Morgan fingerprint density at radius 2 is 2.31 bits per heavy atom. The second-order valence-corrected chi connectivity index (χ2v) is 5.08. The van der Waals surface area contributed by atoms with Crippen molar-refractivity contribution in [1.82, 2.24) is 5.32 Å². The van der Waals surface area contributed by atoms with Gasteiger partial charge < -0.3 is 5.32 Å². The molecule has 0 spiro atoms. The molecule has 1 atom stereocenters. The molecule has 4 nitrogen and oxygen atoms in total. The number of hydrogen-bond donors (Lipinski definition) is 1. The molecule has 1 rings (SSSR count). The summed E-state index contributed by atoms with van der Waals surface area (Å²) in [5.41, 5.74) is 0. The van der Waals surface area contributed by atoms with E-state index in [4.69, 9.17) is 11.6 Å². The van der Waals surface area contributed by atoms with Gasteiger partial charge in [0.05, 0.1) is 11.8 Å². The van der Waals surface area contributed by atoms with Gasteiger partial charge in [0.15, 0.2) is 9.84 Å². The molecule has 1 aliphatic rings. The lowest BCUT2D eigenvalue weighted by atomic mass is 10.3. The van der Waals surface area contributed by atoms with E-state index < -0.39 is 9.84 Å². The van der Waals surface area contributed by atoms with Crippen molar-refractivity contribution in [3.63, 3.8) is 0 Å². The third kappa shape index (κ3) is 3.36. The molecule has 0 radical (unpaired) electrons. The zero-order valence-electron chi connectivity index (χ0n) is 6.86. The molecule has 0 aromatic carbocycles. The lowest BCUT2D eigenvalue weighted by Crippen LogP contribution is -2.35. The first-order valence-corrected chi connectivity index (χ1v) is 6.05. The van der Waals surface area contributed by atoms with E-state index in [1.54, 1.807) is 0 Å². The smallest absolute Gasteiger partial charge is 0.221 e. The van der Waals surface area contributed by atoms with E-state index in [-0.39, 0.29) is 30.0 Å². The maximum Gasteiger partial charge on any atom is 0.221 e. The van der Waals surface area contributed by atoms with Crippen LogP contribution in [0.5, 0.6) is 0 Å². The number of nitrogens with one attached hydrogen (secondary N) is 1. The normalized spacial score (nSPS) is 24.5. The molecule has 0 saturated carbocycles. The van der Waals surface area contributed by atoms with Gasteiger partial charge in [-0.2, -0.15) is 0 Å². The summed E-state index contributed by atoms with van der Waals surface area (Å²) in [7, 11) is -3.08. The highest BCUT2D eigenvalue weighted by Crippen LogP contribution is 2.07. The number of rotatable bonds is 3. The Labute approximate surface area is 81.9 Å². The number of carbonyl (C=O) groups excluding carboxylic acids is 1. The summed E-state index contributed by atoms with van der Waals surface area (Å²) in [5, 5.41) is 3.67. The van der Waals surface area contributed by atoms with E-state index in [9.17, 15) is 13.2 Å². The number of carbonyl (C=O) groups is 1. The van der Waals surface area contributed by atoms with Crippen LogP contribution in [0.15, 0.2) is 11.5 Å². The van der Waals surface area contributed by atoms with E-state index >= 15 is 0 Å². The molecule has 1 N–H and O–H groups in total. The maximum atomic E-state index is 11.0. The fraction of sp³-hybridized carbons (Fsp3) is 0.571. The lowest BCUT2D eigenvalue weighted by Gasteiger charge is -2.08. The average Bonchev–Trinajstić information content (AvgIpc) is 2.30. The highest BCUT2D eigenvalue weighted by Gasteiger charge is 2.22. The molecular formula is C7H10ClNO3S. The van der Waals surface area contributed by atoms with Crippen LogP contribution in [0.25, 0.3) is 0 Å². The molecule has 0 bridgehead atoms. The number of halogens is 1. The van der Waals surface area contributed by atoms with Crippen LogP contribution in [0.2, 0.25) is 0 Å². The van der Waals surface area contributed by atoms with Gasteiger partial charge in [-0.05, 0) is 6.08 Å². The molecule has 0 saturated heterocycles. The van der Waals surface area contributed by atoms with Crippen molar-refractivity contribution in [2.45, 2.75) is 12.5 Å². The second kappa shape index (κ2) is 4.11. The highest BCUT2D eigenvalue weighted by atomic mass is 35.5. The van der Waals surface area contributed by atoms with Gasteiger partial charge in [-0.25, -0.2) is 8.42 Å². The quantitative estimate of drug-likeness (QED) is 0.688. The van der Waals surface area contributed by atoms with Crippen molar-refractivity contribution in [3.8, 4) is 0 Å². The van der Waals surface area contributed by atoms with Gasteiger partial charge in [-0.1, -0.05) is 0 Å². The topological polar surface area (TPSA) is 63.2 Å². The van der Waals surface area contributed by atoms with Gasteiger partial charge in [0.2, 0.25) is 5.91 Å². The van der Waals surface area contributed by atoms with Gasteiger partial charge in [0, 0.05) is 17.7 Å². The molecule has 1 unspecified atom stereocenters. The van der Waals surface area contributed by atoms with E-state index in [1.807, 2.05) is 0 Å². The van der Waals surface area contributed by atoms with Crippen molar-refractivity contribution >= 4 is 27.3 Å². The van der Waals surface area contributed by atoms with Crippen LogP contribution in [-0.2, 0) is 14.6 Å². The Bertz CT molecular complexity index is 323. The molecule has 74 valence electrons. The van der Waals surface area contributed by atoms with Crippen LogP contribution in [0.4, 0.5) is 0 Å². The number of hydrogen-bond acceptors (Lipinski definition) is 3. The summed E-state index contributed by atoms with van der Waals surface area (Å²) in [6.07, 6.45) is 1.69. The summed E-state index contributed by atoms with van der Waals surface area (Å²) in [6, 6.07) is -0.388. The van der Waals surface area contributed by atoms with Crippen molar-refractivity contribution in [2.24, 2.45) is 0 Å². The maximum absolute atomic E-state index is 11.0. The van der Waals surface area contributed by atoms with Gasteiger partial charge in [0.1, 0.15) is 0 Å². The summed E-state index contributed by atoms with van der Waals surface area (Å²) in [6.45, 7) is 0. The number of alkyl halides is 1.